The molecule has 8 nitrogen and oxygen atoms in total. The summed E-state index contributed by atoms with van der Waals surface area (Å²) in [6, 6.07) is 0.115. The third-order valence-electron chi connectivity index (χ3n) is 1.47. The molecule has 0 spiro atoms. The van der Waals surface area contributed by atoms with Gasteiger partial charge in [-0.25, -0.2) is 0 Å². The number of hydrogen-bond acceptors (Lipinski definition) is 7. The van der Waals surface area contributed by atoms with E-state index in [0.717, 1.165) is 0 Å². The van der Waals surface area contributed by atoms with Gasteiger partial charge in [0.15, 0.2) is 0 Å². The number of hydrogen-bond donors (Lipinski definition) is 3. The van der Waals surface area contributed by atoms with E-state index in [2.05, 4.69) is 20.3 Å². The fourth-order valence-corrected chi connectivity index (χ4v) is 0.840. The van der Waals surface area contributed by atoms with E-state index in [-0.39, 0.29) is 24.3 Å². The molecule has 0 unspecified atom stereocenters. The number of carbonyl (C=O) groups is 1. The zero-order valence-corrected chi connectivity index (χ0v) is 8.23. The molecule has 15 heavy (non-hydrogen) atoms. The first kappa shape index (κ1) is 11.0. The largest absolute Gasteiger partial charge is 0.467 e. The van der Waals surface area contributed by atoms with Crippen molar-refractivity contribution in [3.05, 3.63) is 0 Å². The Hall–Kier alpha value is -2.12. The Bertz CT molecular complexity index is 355. The molecule has 0 bridgehead atoms. The van der Waals surface area contributed by atoms with Gasteiger partial charge in [-0.2, -0.15) is 15.0 Å². The molecule has 1 aromatic heterocycles. The van der Waals surface area contributed by atoms with Crippen molar-refractivity contribution < 1.29 is 9.53 Å². The molecule has 0 saturated carbocycles. The molecule has 0 fully saturated rings. The van der Waals surface area contributed by atoms with Crippen molar-refractivity contribution in [3.63, 3.8) is 0 Å². The highest BCUT2D eigenvalue weighted by atomic mass is 16.5. The fraction of sp³-hybridized carbons (Fsp3) is 0.429. The lowest BCUT2D eigenvalue weighted by Gasteiger charge is -2.04. The predicted molar refractivity (Wildman–Crippen MR) is 53.1 cm³/mol. The lowest BCUT2D eigenvalue weighted by atomic mass is 10.4. The van der Waals surface area contributed by atoms with E-state index >= 15 is 0 Å². The SMILES string of the molecule is COc1nc(N)nc(NCCC(N)=O)n1. The van der Waals surface area contributed by atoms with Crippen molar-refractivity contribution in [1.82, 2.24) is 15.0 Å². The number of nitrogens with two attached hydrogens (primary N) is 2. The number of methoxy groups -OCH3 is 1. The summed E-state index contributed by atoms with van der Waals surface area (Å²) in [5.74, 6) is -0.111. The predicted octanol–water partition coefficient (Wildman–Crippen LogP) is -1.25. The Morgan fingerprint density at radius 2 is 2.20 bits per heavy atom. The maximum absolute atomic E-state index is 10.5. The highest BCUT2D eigenvalue weighted by Crippen LogP contribution is 2.07. The van der Waals surface area contributed by atoms with Crippen LogP contribution >= 0.6 is 0 Å². The smallest absolute Gasteiger partial charge is 0.322 e. The van der Waals surface area contributed by atoms with Crippen LogP contribution in [0.15, 0.2) is 0 Å². The van der Waals surface area contributed by atoms with Crippen LogP contribution in [0.3, 0.4) is 0 Å². The van der Waals surface area contributed by atoms with Gasteiger partial charge in [-0.05, 0) is 0 Å². The Morgan fingerprint density at radius 1 is 1.47 bits per heavy atom. The molecule has 0 saturated heterocycles. The molecular weight excluding hydrogens is 200 g/mol. The van der Waals surface area contributed by atoms with Gasteiger partial charge in [0.05, 0.1) is 7.11 Å². The Morgan fingerprint density at radius 3 is 2.80 bits per heavy atom. The average Bonchev–Trinajstić information content (AvgIpc) is 2.16. The highest BCUT2D eigenvalue weighted by Gasteiger charge is 2.03. The number of anilines is 2. The van der Waals surface area contributed by atoms with Crippen LogP contribution in [0.5, 0.6) is 6.01 Å². The van der Waals surface area contributed by atoms with Gasteiger partial charge in [0.1, 0.15) is 0 Å². The normalized spacial score (nSPS) is 9.67. The summed E-state index contributed by atoms with van der Waals surface area (Å²) in [5, 5.41) is 2.77. The second-order valence-electron chi connectivity index (χ2n) is 2.65. The molecule has 0 aliphatic carbocycles. The second kappa shape index (κ2) is 4.94. The van der Waals surface area contributed by atoms with Crippen molar-refractivity contribution in [2.24, 2.45) is 5.73 Å². The lowest BCUT2D eigenvalue weighted by Crippen LogP contribution is -2.17. The van der Waals surface area contributed by atoms with E-state index in [0.29, 0.717) is 6.54 Å². The zero-order valence-electron chi connectivity index (χ0n) is 8.23. The van der Waals surface area contributed by atoms with Gasteiger partial charge in [-0.15, -0.1) is 0 Å². The van der Waals surface area contributed by atoms with Crippen LogP contribution in [0.1, 0.15) is 6.42 Å². The summed E-state index contributed by atoms with van der Waals surface area (Å²) < 4.78 is 4.79. The molecule has 1 heterocycles. The lowest BCUT2D eigenvalue weighted by molar-refractivity contribution is -0.117. The minimum Gasteiger partial charge on any atom is -0.467 e. The van der Waals surface area contributed by atoms with Crippen molar-refractivity contribution in [1.29, 1.82) is 0 Å². The molecule has 8 heteroatoms. The third kappa shape index (κ3) is 3.63. The van der Waals surface area contributed by atoms with Crippen molar-refractivity contribution >= 4 is 17.8 Å². The Labute approximate surface area is 86.1 Å². The second-order valence-corrected chi connectivity index (χ2v) is 2.65. The molecule has 5 N–H and O–H groups in total. The standard InChI is InChI=1S/C7H12N6O2/c1-15-7-12-5(9)11-6(13-7)10-3-2-4(8)14/h2-3H2,1H3,(H2,8,14)(H3,9,10,11,12,13). The highest BCUT2D eigenvalue weighted by molar-refractivity contribution is 5.74. The summed E-state index contributed by atoms with van der Waals surface area (Å²) in [6.45, 7) is 0.335. The third-order valence-corrected chi connectivity index (χ3v) is 1.47. The van der Waals surface area contributed by atoms with E-state index in [9.17, 15) is 4.79 Å². The molecule has 1 aromatic rings. The summed E-state index contributed by atoms with van der Waals surface area (Å²) in [7, 11) is 1.42. The molecule has 0 atom stereocenters. The van der Waals surface area contributed by atoms with E-state index in [4.69, 9.17) is 16.2 Å². The maximum atomic E-state index is 10.5. The number of nitrogens with one attached hydrogen (secondary N) is 1. The van der Waals surface area contributed by atoms with E-state index in [1.807, 2.05) is 0 Å². The van der Waals surface area contributed by atoms with Crippen LogP contribution < -0.4 is 21.5 Å². The van der Waals surface area contributed by atoms with E-state index in [1.165, 1.54) is 7.11 Å². The van der Waals surface area contributed by atoms with Gasteiger partial charge in [0.2, 0.25) is 17.8 Å². The van der Waals surface area contributed by atoms with Gasteiger partial charge in [-0.1, -0.05) is 0 Å². The molecule has 82 valence electrons. The van der Waals surface area contributed by atoms with Crippen LogP contribution in [0, 0.1) is 0 Å². The monoisotopic (exact) mass is 212 g/mol. The molecule has 0 aliphatic heterocycles. The molecular formula is C7H12N6O2. The summed E-state index contributed by atoms with van der Waals surface area (Å²) in [6.07, 6.45) is 0.188. The van der Waals surface area contributed by atoms with Gasteiger partial charge in [0.25, 0.3) is 0 Å². The number of nitrogen functional groups attached to an aromatic ring is 1. The Balaban J connectivity index is 2.60. The van der Waals surface area contributed by atoms with Gasteiger partial charge < -0.3 is 21.5 Å². The number of ether oxygens (including phenoxy) is 1. The number of amides is 1. The van der Waals surface area contributed by atoms with Crippen molar-refractivity contribution in [2.45, 2.75) is 6.42 Å². The first-order chi connectivity index (χ1) is 7.11. The average molecular weight is 212 g/mol. The van der Waals surface area contributed by atoms with Crippen molar-refractivity contribution in [2.75, 3.05) is 24.7 Å². The van der Waals surface area contributed by atoms with Crippen molar-refractivity contribution in [3.8, 4) is 6.01 Å². The fourth-order valence-electron chi connectivity index (χ4n) is 0.840. The first-order valence-corrected chi connectivity index (χ1v) is 4.19. The van der Waals surface area contributed by atoms with Gasteiger partial charge in [-0.3, -0.25) is 4.79 Å². The summed E-state index contributed by atoms with van der Waals surface area (Å²) in [5.41, 5.74) is 10.4. The maximum Gasteiger partial charge on any atom is 0.322 e. The summed E-state index contributed by atoms with van der Waals surface area (Å²) >= 11 is 0. The number of primary amides is 1. The number of nitrogens with zero attached hydrogens (tertiary/aromatic N) is 3. The van der Waals surface area contributed by atoms with Gasteiger partial charge in [0, 0.05) is 13.0 Å². The van der Waals surface area contributed by atoms with Crippen LogP contribution in [0.4, 0.5) is 11.9 Å². The number of rotatable bonds is 5. The quantitative estimate of drug-likeness (QED) is 0.556. The van der Waals surface area contributed by atoms with Crippen LogP contribution in [0.2, 0.25) is 0 Å². The van der Waals surface area contributed by atoms with Gasteiger partial charge >= 0.3 is 6.01 Å². The molecule has 0 aliphatic rings. The van der Waals surface area contributed by atoms with E-state index < -0.39 is 5.91 Å². The van der Waals surface area contributed by atoms with Crippen LogP contribution in [-0.2, 0) is 4.79 Å². The topological polar surface area (TPSA) is 129 Å². The molecule has 0 aromatic carbocycles. The molecule has 1 rings (SSSR count). The number of aromatic nitrogens is 3. The van der Waals surface area contributed by atoms with Crippen LogP contribution in [0.25, 0.3) is 0 Å². The minimum absolute atomic E-state index is 0.0448. The zero-order chi connectivity index (χ0) is 11.3. The molecule has 0 radical (unpaired) electrons. The van der Waals surface area contributed by atoms with Crippen LogP contribution in [-0.4, -0.2) is 34.5 Å². The molecule has 1 amide bonds. The summed E-state index contributed by atoms with van der Waals surface area (Å²) in [4.78, 5) is 21.8. The Kier molecular flexibility index (Phi) is 3.61. The first-order valence-electron chi connectivity index (χ1n) is 4.19. The van der Waals surface area contributed by atoms with E-state index in [1.54, 1.807) is 0 Å². The minimum atomic E-state index is -0.406. The number of carbonyl (C=O) groups excluding carboxylic acids is 1.